The standard InChI is InChI=1S/C32H24F4N4O5S/c1-16-8-10-17(11-9-16)29-27(30(41)37-2)20-14-19(23(15-25(20)44-29)40(3)46(4,42)43)22-12-18(13-26(38-22)32(34,35)36)31-39-28-21(33)6-5-7-24(28)45-31/h5-15H,1-4H3,(H,37,41). The molecule has 6 aromatic rings. The van der Waals surface area contributed by atoms with Gasteiger partial charge >= 0.3 is 6.18 Å². The normalized spacial score (nSPS) is 12.2. The Morgan fingerprint density at radius 1 is 0.935 bits per heavy atom. The van der Waals surface area contributed by atoms with Crippen molar-refractivity contribution < 1.29 is 39.6 Å². The molecule has 0 saturated carbocycles. The number of oxazole rings is 1. The van der Waals surface area contributed by atoms with E-state index in [2.05, 4.69) is 15.3 Å². The molecule has 0 atom stereocenters. The first-order chi connectivity index (χ1) is 21.7. The first kappa shape index (κ1) is 30.8. The molecule has 46 heavy (non-hydrogen) atoms. The molecule has 1 amide bonds. The summed E-state index contributed by atoms with van der Waals surface area (Å²) in [6.07, 6.45) is -4.02. The molecule has 0 saturated heterocycles. The number of alkyl halides is 3. The van der Waals surface area contributed by atoms with E-state index in [9.17, 15) is 30.8 Å². The number of pyridine rings is 1. The highest BCUT2D eigenvalue weighted by Crippen LogP contribution is 2.43. The number of nitrogens with one attached hydrogen (secondary N) is 1. The second-order valence-electron chi connectivity index (χ2n) is 10.6. The van der Waals surface area contributed by atoms with Gasteiger partial charge in [-0.15, -0.1) is 0 Å². The van der Waals surface area contributed by atoms with Gasteiger partial charge in [0.15, 0.2) is 11.4 Å². The van der Waals surface area contributed by atoms with Crippen molar-refractivity contribution in [3.63, 3.8) is 0 Å². The summed E-state index contributed by atoms with van der Waals surface area (Å²) in [6.45, 7) is 1.88. The average Bonchev–Trinajstić information content (AvgIpc) is 3.61. The first-order valence-electron chi connectivity index (χ1n) is 13.6. The van der Waals surface area contributed by atoms with Crippen LogP contribution in [0.5, 0.6) is 0 Å². The Kier molecular flexibility index (Phi) is 7.34. The van der Waals surface area contributed by atoms with Crippen molar-refractivity contribution in [2.75, 3.05) is 24.7 Å². The molecular formula is C32H24F4N4O5S. The first-order valence-corrected chi connectivity index (χ1v) is 15.5. The van der Waals surface area contributed by atoms with Gasteiger partial charge in [-0.05, 0) is 37.3 Å². The van der Waals surface area contributed by atoms with E-state index < -0.39 is 33.6 Å². The Balaban J connectivity index is 1.68. The van der Waals surface area contributed by atoms with E-state index in [-0.39, 0.29) is 61.8 Å². The maximum atomic E-state index is 14.4. The van der Waals surface area contributed by atoms with Gasteiger partial charge in [0.05, 0.1) is 23.2 Å². The van der Waals surface area contributed by atoms with Crippen molar-refractivity contribution in [3.05, 3.63) is 89.4 Å². The van der Waals surface area contributed by atoms with Crippen molar-refractivity contribution in [1.82, 2.24) is 15.3 Å². The lowest BCUT2D eigenvalue weighted by atomic mass is 9.99. The summed E-state index contributed by atoms with van der Waals surface area (Å²) in [6, 6.07) is 15.6. The number of sulfonamides is 1. The van der Waals surface area contributed by atoms with Crippen LogP contribution in [0.25, 0.3) is 56.1 Å². The lowest BCUT2D eigenvalue weighted by Gasteiger charge is -2.21. The zero-order valence-electron chi connectivity index (χ0n) is 24.7. The summed E-state index contributed by atoms with van der Waals surface area (Å²) >= 11 is 0. The number of nitrogens with zero attached hydrogens (tertiary/aromatic N) is 3. The van der Waals surface area contributed by atoms with Gasteiger partial charge in [-0.25, -0.2) is 22.8 Å². The number of amides is 1. The number of furan rings is 1. The highest BCUT2D eigenvalue weighted by atomic mass is 32.2. The van der Waals surface area contributed by atoms with Crippen LogP contribution in [0.1, 0.15) is 21.6 Å². The molecule has 3 aromatic heterocycles. The van der Waals surface area contributed by atoms with Gasteiger partial charge in [0.2, 0.25) is 15.9 Å². The van der Waals surface area contributed by atoms with Crippen LogP contribution < -0.4 is 9.62 Å². The van der Waals surface area contributed by atoms with E-state index in [1.54, 1.807) is 12.1 Å². The maximum Gasteiger partial charge on any atom is 0.433 e. The Morgan fingerprint density at radius 2 is 1.65 bits per heavy atom. The Bertz CT molecular complexity index is 2280. The van der Waals surface area contributed by atoms with Crippen molar-refractivity contribution in [2.45, 2.75) is 13.1 Å². The van der Waals surface area contributed by atoms with Crippen LogP contribution in [0.4, 0.5) is 23.2 Å². The smallest absolute Gasteiger partial charge is 0.433 e. The monoisotopic (exact) mass is 652 g/mol. The highest BCUT2D eigenvalue weighted by Gasteiger charge is 2.35. The summed E-state index contributed by atoms with van der Waals surface area (Å²) in [5.41, 5.74) is -0.491. The predicted molar refractivity (Wildman–Crippen MR) is 164 cm³/mol. The van der Waals surface area contributed by atoms with Gasteiger partial charge in [-0.2, -0.15) is 13.2 Å². The molecule has 6 rings (SSSR count). The molecule has 1 N–H and O–H groups in total. The van der Waals surface area contributed by atoms with Crippen LogP contribution in [0.15, 0.2) is 75.6 Å². The summed E-state index contributed by atoms with van der Waals surface area (Å²) in [7, 11) is -1.33. The Morgan fingerprint density at radius 3 is 2.28 bits per heavy atom. The minimum absolute atomic E-state index is 0.0121. The lowest BCUT2D eigenvalue weighted by Crippen LogP contribution is -2.25. The number of anilines is 1. The third-order valence-corrected chi connectivity index (χ3v) is 8.61. The molecule has 0 aliphatic carbocycles. The number of benzene rings is 3. The summed E-state index contributed by atoms with van der Waals surface area (Å²) < 4.78 is 95.2. The van der Waals surface area contributed by atoms with Crippen LogP contribution in [0.3, 0.4) is 0 Å². The Hall–Kier alpha value is -5.24. The van der Waals surface area contributed by atoms with Gasteiger partial charge in [0, 0.05) is 42.2 Å². The number of aromatic nitrogens is 2. The molecule has 0 bridgehead atoms. The molecule has 9 nitrogen and oxygen atoms in total. The van der Waals surface area contributed by atoms with Crippen molar-refractivity contribution >= 4 is 43.7 Å². The molecule has 14 heteroatoms. The number of carbonyl (C=O) groups is 1. The number of aryl methyl sites for hydroxylation is 1. The predicted octanol–water partition coefficient (Wildman–Crippen LogP) is 7.19. The fourth-order valence-electron chi connectivity index (χ4n) is 5.01. The second kappa shape index (κ2) is 11.0. The van der Waals surface area contributed by atoms with Gasteiger partial charge in [-0.1, -0.05) is 35.9 Å². The maximum absolute atomic E-state index is 14.4. The number of fused-ring (bicyclic) bond motifs is 2. The van der Waals surface area contributed by atoms with Crippen molar-refractivity contribution in [2.24, 2.45) is 0 Å². The van der Waals surface area contributed by atoms with Crippen molar-refractivity contribution in [3.8, 4) is 34.0 Å². The molecule has 3 heterocycles. The van der Waals surface area contributed by atoms with Gasteiger partial charge in [0.1, 0.15) is 22.6 Å². The molecule has 0 unspecified atom stereocenters. The second-order valence-corrected chi connectivity index (χ2v) is 12.6. The molecule has 0 radical (unpaired) electrons. The van der Waals surface area contributed by atoms with Crippen LogP contribution in [0, 0.1) is 12.7 Å². The van der Waals surface area contributed by atoms with Gasteiger partial charge in [0.25, 0.3) is 5.91 Å². The molecule has 0 fully saturated rings. The molecule has 0 aliphatic rings. The minimum atomic E-state index is -4.95. The average molecular weight is 653 g/mol. The number of halogens is 4. The topological polar surface area (TPSA) is 119 Å². The largest absolute Gasteiger partial charge is 0.455 e. The van der Waals surface area contributed by atoms with Crippen LogP contribution in [-0.4, -0.2) is 44.6 Å². The number of hydrogen-bond acceptors (Lipinski definition) is 7. The van der Waals surface area contributed by atoms with Crippen LogP contribution in [-0.2, 0) is 16.2 Å². The zero-order valence-corrected chi connectivity index (χ0v) is 25.5. The third-order valence-electron chi connectivity index (χ3n) is 7.42. The quantitative estimate of drug-likeness (QED) is 0.189. The molecule has 236 valence electrons. The molecule has 0 aliphatic heterocycles. The molecule has 0 spiro atoms. The van der Waals surface area contributed by atoms with Crippen LogP contribution in [0.2, 0.25) is 0 Å². The van der Waals surface area contributed by atoms with E-state index in [0.717, 1.165) is 22.2 Å². The van der Waals surface area contributed by atoms with Crippen LogP contribution >= 0.6 is 0 Å². The number of carbonyl (C=O) groups excluding carboxylic acids is 1. The highest BCUT2D eigenvalue weighted by molar-refractivity contribution is 7.92. The summed E-state index contributed by atoms with van der Waals surface area (Å²) in [4.78, 5) is 21.1. The summed E-state index contributed by atoms with van der Waals surface area (Å²) in [5.74, 6) is -1.42. The van der Waals surface area contributed by atoms with E-state index in [0.29, 0.717) is 11.6 Å². The van der Waals surface area contributed by atoms with E-state index in [4.69, 9.17) is 8.83 Å². The molecule has 3 aromatic carbocycles. The van der Waals surface area contributed by atoms with Gasteiger partial charge < -0.3 is 14.2 Å². The molecular weight excluding hydrogens is 628 g/mol. The van der Waals surface area contributed by atoms with E-state index in [1.807, 2.05) is 19.1 Å². The fourth-order valence-corrected chi connectivity index (χ4v) is 5.52. The van der Waals surface area contributed by atoms with Gasteiger partial charge in [-0.3, -0.25) is 9.10 Å². The van der Waals surface area contributed by atoms with E-state index in [1.165, 1.54) is 44.4 Å². The fraction of sp³-hybridized carbons (Fsp3) is 0.156. The van der Waals surface area contributed by atoms with Crippen molar-refractivity contribution in [1.29, 1.82) is 0 Å². The number of para-hydroxylation sites is 1. The van der Waals surface area contributed by atoms with E-state index >= 15 is 0 Å². The zero-order chi connectivity index (χ0) is 33.1. The number of rotatable bonds is 6. The Labute approximate surface area is 259 Å². The minimum Gasteiger partial charge on any atom is -0.455 e. The third kappa shape index (κ3) is 5.44. The number of hydrogen-bond donors (Lipinski definition) is 1. The summed E-state index contributed by atoms with van der Waals surface area (Å²) in [5, 5.41) is 2.75. The lowest BCUT2D eigenvalue weighted by molar-refractivity contribution is -0.141. The SMILES string of the molecule is CNC(=O)c1c(-c2ccc(C)cc2)oc2cc(N(C)S(C)(=O)=O)c(-c3cc(-c4nc5c(F)cccc5o4)cc(C(F)(F)F)n3)cc12.